The maximum atomic E-state index is 12.2. The molecule has 0 radical (unpaired) electrons. The molecule has 118 valence electrons. The summed E-state index contributed by atoms with van der Waals surface area (Å²) in [4.78, 5) is 11.1. The molecule has 1 aromatic rings. The molecule has 3 N–H and O–H groups in total. The van der Waals surface area contributed by atoms with E-state index in [1.165, 1.54) is 16.8 Å². The number of nitrogens with one attached hydrogen (secondary N) is 1. The van der Waals surface area contributed by atoms with Gasteiger partial charge in [0.15, 0.2) is 0 Å². The predicted molar refractivity (Wildman–Crippen MR) is 75.7 cm³/mol. The van der Waals surface area contributed by atoms with Crippen molar-refractivity contribution in [2.45, 2.75) is 37.6 Å². The quantitative estimate of drug-likeness (QED) is 0.690. The van der Waals surface area contributed by atoms with Gasteiger partial charge in [-0.1, -0.05) is 13.8 Å². The van der Waals surface area contributed by atoms with Crippen LogP contribution < -0.4 is 4.72 Å². The van der Waals surface area contributed by atoms with Crippen molar-refractivity contribution >= 4 is 16.0 Å². The average Bonchev–Trinajstić information content (AvgIpc) is 3.14. The number of carboxylic acid groups (broad SMARTS) is 1. The van der Waals surface area contributed by atoms with Gasteiger partial charge in [0.2, 0.25) is 10.0 Å². The van der Waals surface area contributed by atoms with Gasteiger partial charge in [0.05, 0.1) is 0 Å². The Bertz CT molecular complexity index is 644. The summed E-state index contributed by atoms with van der Waals surface area (Å²) in [6, 6.07) is 1.25. The number of aliphatic hydroxyl groups is 1. The van der Waals surface area contributed by atoms with E-state index in [1.807, 2.05) is 0 Å². The maximum absolute atomic E-state index is 12.2. The van der Waals surface area contributed by atoms with Gasteiger partial charge in [0.1, 0.15) is 10.6 Å². The lowest BCUT2D eigenvalue weighted by Gasteiger charge is -2.21. The summed E-state index contributed by atoms with van der Waals surface area (Å²) in [6.45, 7) is 3.38. The van der Waals surface area contributed by atoms with E-state index in [9.17, 15) is 13.2 Å². The Balaban J connectivity index is 2.24. The Kier molecular flexibility index (Phi) is 4.14. The molecule has 0 aromatic carbocycles. The molecule has 0 bridgehead atoms. The monoisotopic (exact) mass is 316 g/mol. The third-order valence-electron chi connectivity index (χ3n) is 3.46. The summed E-state index contributed by atoms with van der Waals surface area (Å²) in [5.74, 6) is -1.14. The number of carboxylic acids is 1. The Morgan fingerprint density at radius 3 is 2.57 bits per heavy atom. The zero-order chi connectivity index (χ0) is 15.8. The number of aromatic nitrogens is 1. The topological polar surface area (TPSA) is 109 Å². The summed E-state index contributed by atoms with van der Waals surface area (Å²) >= 11 is 0. The third kappa shape index (κ3) is 3.63. The zero-order valence-corrected chi connectivity index (χ0v) is 12.9. The first-order valence-corrected chi connectivity index (χ1v) is 8.20. The molecule has 1 aromatic heterocycles. The molecule has 7 nitrogen and oxygen atoms in total. The summed E-state index contributed by atoms with van der Waals surface area (Å²) in [7, 11) is -3.79. The predicted octanol–water partition coefficient (Wildman–Crippen LogP) is 0.818. The number of rotatable bonds is 7. The first kappa shape index (κ1) is 16.0. The highest BCUT2D eigenvalue weighted by molar-refractivity contribution is 7.89. The van der Waals surface area contributed by atoms with Crippen LogP contribution in [0.2, 0.25) is 0 Å². The van der Waals surface area contributed by atoms with E-state index >= 15 is 0 Å². The van der Waals surface area contributed by atoms with Crippen molar-refractivity contribution in [3.8, 4) is 0 Å². The van der Waals surface area contributed by atoms with Gasteiger partial charge in [-0.25, -0.2) is 17.9 Å². The fourth-order valence-electron chi connectivity index (χ4n) is 1.86. The standard InChI is InChI=1S/C13H20N2O5S/c1-13(2,8-16)7-14-21(19,20)10-5-11(12(17)18)15(6-10)9-3-4-9/h5-6,9,14,16H,3-4,7-8H2,1-2H3,(H,17,18). The second-order valence-corrected chi connectivity index (χ2v) is 7.92. The fourth-order valence-corrected chi connectivity index (χ4v) is 3.12. The van der Waals surface area contributed by atoms with Crippen LogP contribution in [-0.4, -0.2) is 42.3 Å². The van der Waals surface area contributed by atoms with E-state index in [2.05, 4.69) is 4.72 Å². The van der Waals surface area contributed by atoms with Crippen LogP contribution >= 0.6 is 0 Å². The molecule has 0 unspecified atom stereocenters. The number of hydrogen-bond donors (Lipinski definition) is 3. The zero-order valence-electron chi connectivity index (χ0n) is 12.0. The number of hydrogen-bond acceptors (Lipinski definition) is 4. The lowest BCUT2D eigenvalue weighted by atomic mass is 9.96. The average molecular weight is 316 g/mol. The molecule has 0 atom stereocenters. The highest BCUT2D eigenvalue weighted by Gasteiger charge is 2.31. The molecular formula is C13H20N2O5S. The van der Waals surface area contributed by atoms with Crippen LogP contribution in [0.1, 0.15) is 43.2 Å². The van der Waals surface area contributed by atoms with Crippen molar-refractivity contribution in [1.82, 2.24) is 9.29 Å². The second-order valence-electron chi connectivity index (χ2n) is 6.15. The number of aliphatic hydroxyl groups excluding tert-OH is 1. The second kappa shape index (κ2) is 5.43. The smallest absolute Gasteiger partial charge is 0.352 e. The van der Waals surface area contributed by atoms with Gasteiger partial charge in [-0.2, -0.15) is 0 Å². The van der Waals surface area contributed by atoms with Crippen LogP contribution in [0.4, 0.5) is 0 Å². The van der Waals surface area contributed by atoms with E-state index < -0.39 is 21.4 Å². The number of aromatic carboxylic acids is 1. The molecule has 1 aliphatic rings. The molecule has 0 amide bonds. The van der Waals surface area contributed by atoms with Crippen LogP contribution in [0, 0.1) is 5.41 Å². The van der Waals surface area contributed by atoms with E-state index in [-0.39, 0.29) is 29.8 Å². The van der Waals surface area contributed by atoms with Crippen LogP contribution in [-0.2, 0) is 10.0 Å². The van der Waals surface area contributed by atoms with E-state index in [4.69, 9.17) is 10.2 Å². The van der Waals surface area contributed by atoms with Gasteiger partial charge >= 0.3 is 5.97 Å². The maximum Gasteiger partial charge on any atom is 0.352 e. The Hall–Kier alpha value is -1.38. The first-order chi connectivity index (χ1) is 9.66. The minimum atomic E-state index is -3.79. The van der Waals surface area contributed by atoms with Gasteiger partial charge in [0, 0.05) is 30.8 Å². The van der Waals surface area contributed by atoms with E-state index in [1.54, 1.807) is 13.8 Å². The van der Waals surface area contributed by atoms with Gasteiger partial charge < -0.3 is 14.8 Å². The normalized spacial score (nSPS) is 16.1. The summed E-state index contributed by atoms with van der Waals surface area (Å²) in [6.07, 6.45) is 3.09. The highest BCUT2D eigenvalue weighted by Crippen LogP contribution is 2.37. The summed E-state index contributed by atoms with van der Waals surface area (Å²) in [5, 5.41) is 18.3. The number of sulfonamides is 1. The molecule has 0 aliphatic heterocycles. The van der Waals surface area contributed by atoms with Gasteiger partial charge in [-0.05, 0) is 18.9 Å². The first-order valence-electron chi connectivity index (χ1n) is 6.72. The summed E-state index contributed by atoms with van der Waals surface area (Å²) < 4.78 is 28.4. The molecule has 0 spiro atoms. The summed E-state index contributed by atoms with van der Waals surface area (Å²) in [5.41, 5.74) is -0.596. The lowest BCUT2D eigenvalue weighted by Crippen LogP contribution is -2.35. The molecule has 1 heterocycles. The Morgan fingerprint density at radius 2 is 2.10 bits per heavy atom. The van der Waals surface area contributed by atoms with Crippen LogP contribution in [0.3, 0.4) is 0 Å². The molecule has 21 heavy (non-hydrogen) atoms. The van der Waals surface area contributed by atoms with Gasteiger partial charge in [0.25, 0.3) is 0 Å². The number of carbonyl (C=O) groups is 1. The van der Waals surface area contributed by atoms with Gasteiger partial charge in [-0.15, -0.1) is 0 Å². The minimum Gasteiger partial charge on any atom is -0.477 e. The molecule has 1 aliphatic carbocycles. The van der Waals surface area contributed by atoms with Crippen LogP contribution in [0.15, 0.2) is 17.2 Å². The highest BCUT2D eigenvalue weighted by atomic mass is 32.2. The molecule has 8 heteroatoms. The molecular weight excluding hydrogens is 296 g/mol. The van der Waals surface area contributed by atoms with Crippen molar-refractivity contribution in [1.29, 1.82) is 0 Å². The molecule has 1 saturated carbocycles. The van der Waals surface area contributed by atoms with Crippen LogP contribution in [0.5, 0.6) is 0 Å². The van der Waals surface area contributed by atoms with Crippen molar-refractivity contribution in [3.05, 3.63) is 18.0 Å². The van der Waals surface area contributed by atoms with Crippen LogP contribution in [0.25, 0.3) is 0 Å². The van der Waals surface area contributed by atoms with Gasteiger partial charge in [-0.3, -0.25) is 0 Å². The van der Waals surface area contributed by atoms with Crippen molar-refractivity contribution < 1.29 is 23.4 Å². The molecule has 1 fully saturated rings. The van der Waals surface area contributed by atoms with E-state index in [0.717, 1.165) is 12.8 Å². The Labute approximate surface area is 123 Å². The van der Waals surface area contributed by atoms with E-state index in [0.29, 0.717) is 0 Å². The fraction of sp³-hybridized carbons (Fsp3) is 0.615. The largest absolute Gasteiger partial charge is 0.477 e. The number of nitrogens with zero attached hydrogens (tertiary/aromatic N) is 1. The SMILES string of the molecule is CC(C)(CO)CNS(=O)(=O)c1cc(C(=O)O)n(C2CC2)c1. The lowest BCUT2D eigenvalue weighted by molar-refractivity contribution is 0.0685. The molecule has 2 rings (SSSR count). The van der Waals surface area contributed by atoms with Crippen molar-refractivity contribution in [2.24, 2.45) is 5.41 Å². The van der Waals surface area contributed by atoms with Crippen molar-refractivity contribution in [3.63, 3.8) is 0 Å². The minimum absolute atomic E-state index is 0.0145. The Morgan fingerprint density at radius 1 is 1.48 bits per heavy atom. The van der Waals surface area contributed by atoms with Crippen molar-refractivity contribution in [2.75, 3.05) is 13.2 Å². The third-order valence-corrected chi connectivity index (χ3v) is 4.83. The molecule has 0 saturated heterocycles.